The minimum absolute atomic E-state index is 0.00363. The number of benzene rings is 2. The third kappa shape index (κ3) is 4.15. The van der Waals surface area contributed by atoms with Crippen LogP contribution in [0.4, 0.5) is 10.1 Å². The molecule has 144 valence electrons. The Bertz CT molecular complexity index is 943. The lowest BCUT2D eigenvalue weighted by Gasteiger charge is -2.34. The topological polar surface area (TPSA) is 85.0 Å². The number of sulfonamides is 1. The first-order valence-electron chi connectivity index (χ1n) is 8.63. The molecule has 0 saturated carbocycles. The number of quaternary nitrogens is 1. The van der Waals surface area contributed by atoms with Gasteiger partial charge in [0.05, 0.1) is 36.0 Å². The molecule has 0 amide bonds. The number of nitrogens with zero attached hydrogens (tertiary/aromatic N) is 2. The van der Waals surface area contributed by atoms with Crippen LogP contribution in [0.5, 0.6) is 0 Å². The van der Waals surface area contributed by atoms with Crippen molar-refractivity contribution in [3.63, 3.8) is 0 Å². The van der Waals surface area contributed by atoms with Gasteiger partial charge in [0, 0.05) is 17.7 Å². The summed E-state index contributed by atoms with van der Waals surface area (Å²) in [5, 5.41) is 11.0. The summed E-state index contributed by atoms with van der Waals surface area (Å²) >= 11 is 0. The Hall–Kier alpha value is -2.36. The Balaban J connectivity index is 1.70. The van der Waals surface area contributed by atoms with Gasteiger partial charge in [-0.2, -0.15) is 4.31 Å². The highest BCUT2D eigenvalue weighted by molar-refractivity contribution is 7.89. The van der Waals surface area contributed by atoms with Crippen molar-refractivity contribution in [3.8, 4) is 0 Å². The van der Waals surface area contributed by atoms with Crippen molar-refractivity contribution < 1.29 is 22.6 Å². The molecule has 1 aliphatic rings. The molecule has 2 aromatic rings. The SMILES string of the molecule is C[C@H](c1cccc([N+](=O)[O-])c1)[NH+]1CCN(S(=O)(=O)c2cccc(F)c2)CC1. The van der Waals surface area contributed by atoms with Gasteiger partial charge in [-0.15, -0.1) is 0 Å². The lowest BCUT2D eigenvalue weighted by Crippen LogP contribution is -3.14. The molecule has 1 saturated heterocycles. The van der Waals surface area contributed by atoms with Gasteiger partial charge in [0.25, 0.3) is 5.69 Å². The third-order valence-electron chi connectivity index (χ3n) is 4.99. The van der Waals surface area contributed by atoms with Crippen LogP contribution in [0.3, 0.4) is 0 Å². The summed E-state index contributed by atoms with van der Waals surface area (Å²) in [5.41, 5.74) is 0.895. The molecule has 0 aromatic heterocycles. The normalized spacial score (nSPS) is 17.6. The van der Waals surface area contributed by atoms with Crippen LogP contribution in [-0.2, 0) is 10.0 Å². The smallest absolute Gasteiger partial charge is 0.269 e. The molecule has 0 aliphatic carbocycles. The van der Waals surface area contributed by atoms with Crippen molar-refractivity contribution in [1.82, 2.24) is 4.31 Å². The molecular formula is C18H21FN3O4S+. The Morgan fingerprint density at radius 1 is 1.15 bits per heavy atom. The van der Waals surface area contributed by atoms with Gasteiger partial charge in [-0.1, -0.05) is 18.2 Å². The number of halogens is 1. The zero-order valence-corrected chi connectivity index (χ0v) is 15.7. The molecule has 1 fully saturated rings. The summed E-state index contributed by atoms with van der Waals surface area (Å²) in [4.78, 5) is 11.7. The second-order valence-electron chi connectivity index (χ2n) is 6.59. The Morgan fingerprint density at radius 3 is 2.44 bits per heavy atom. The van der Waals surface area contributed by atoms with E-state index in [9.17, 15) is 22.9 Å². The van der Waals surface area contributed by atoms with Crippen LogP contribution < -0.4 is 4.90 Å². The quantitative estimate of drug-likeness (QED) is 0.613. The molecule has 0 radical (unpaired) electrons. The van der Waals surface area contributed by atoms with Gasteiger partial charge in [-0.05, 0) is 25.1 Å². The number of nitrogens with one attached hydrogen (secondary N) is 1. The highest BCUT2D eigenvalue weighted by atomic mass is 32.2. The van der Waals surface area contributed by atoms with Gasteiger partial charge in [-0.25, -0.2) is 12.8 Å². The summed E-state index contributed by atoms with van der Waals surface area (Å²) in [6, 6.07) is 11.5. The molecule has 27 heavy (non-hydrogen) atoms. The van der Waals surface area contributed by atoms with Crippen LogP contribution in [0.2, 0.25) is 0 Å². The summed E-state index contributed by atoms with van der Waals surface area (Å²) in [7, 11) is -3.73. The van der Waals surface area contributed by atoms with E-state index < -0.39 is 20.8 Å². The molecule has 0 bridgehead atoms. The van der Waals surface area contributed by atoms with Crippen molar-refractivity contribution in [2.24, 2.45) is 0 Å². The third-order valence-corrected chi connectivity index (χ3v) is 6.89. The van der Waals surface area contributed by atoms with Crippen LogP contribution in [0.1, 0.15) is 18.5 Å². The fourth-order valence-corrected chi connectivity index (χ4v) is 4.84. The Morgan fingerprint density at radius 2 is 1.81 bits per heavy atom. The maximum absolute atomic E-state index is 13.4. The molecule has 1 N–H and O–H groups in total. The molecule has 2 aromatic carbocycles. The van der Waals surface area contributed by atoms with Crippen molar-refractivity contribution in [1.29, 1.82) is 0 Å². The predicted molar refractivity (Wildman–Crippen MR) is 97.4 cm³/mol. The maximum atomic E-state index is 13.4. The number of nitro benzene ring substituents is 1. The first kappa shape index (κ1) is 19.4. The highest BCUT2D eigenvalue weighted by Crippen LogP contribution is 2.19. The lowest BCUT2D eigenvalue weighted by atomic mass is 10.1. The van der Waals surface area contributed by atoms with E-state index >= 15 is 0 Å². The molecule has 1 aliphatic heterocycles. The summed E-state index contributed by atoms with van der Waals surface area (Å²) in [6.45, 7) is 3.74. The van der Waals surface area contributed by atoms with Gasteiger partial charge >= 0.3 is 0 Å². The van der Waals surface area contributed by atoms with Gasteiger partial charge in [-0.3, -0.25) is 10.1 Å². The van der Waals surface area contributed by atoms with Crippen LogP contribution >= 0.6 is 0 Å². The van der Waals surface area contributed by atoms with E-state index in [1.165, 1.54) is 28.6 Å². The van der Waals surface area contributed by atoms with Crippen molar-refractivity contribution in [3.05, 3.63) is 70.0 Å². The van der Waals surface area contributed by atoms with Gasteiger partial charge in [0.15, 0.2) is 0 Å². The van der Waals surface area contributed by atoms with Gasteiger partial charge in [0.1, 0.15) is 11.9 Å². The average molecular weight is 394 g/mol. The molecule has 1 heterocycles. The minimum atomic E-state index is -3.73. The van der Waals surface area contributed by atoms with E-state index in [1.54, 1.807) is 12.1 Å². The molecular weight excluding hydrogens is 373 g/mol. The van der Waals surface area contributed by atoms with E-state index in [4.69, 9.17) is 0 Å². The standard InChI is InChI=1S/C18H20FN3O4S/c1-14(15-4-2-6-17(12-15)22(23)24)20-8-10-21(11-9-20)27(25,26)18-7-3-5-16(19)13-18/h2-7,12-14H,8-11H2,1H3/p+1/t14-/m1/s1. The number of hydrogen-bond donors (Lipinski definition) is 1. The summed E-state index contributed by atoms with van der Waals surface area (Å²) < 4.78 is 40.1. The number of piperazine rings is 1. The number of hydrogen-bond acceptors (Lipinski definition) is 4. The maximum Gasteiger partial charge on any atom is 0.269 e. The lowest BCUT2D eigenvalue weighted by molar-refractivity contribution is -0.933. The highest BCUT2D eigenvalue weighted by Gasteiger charge is 2.33. The number of nitro groups is 1. The summed E-state index contributed by atoms with van der Waals surface area (Å²) in [6.07, 6.45) is 0. The van der Waals surface area contributed by atoms with Crippen molar-refractivity contribution in [2.75, 3.05) is 26.2 Å². The van der Waals surface area contributed by atoms with Gasteiger partial charge in [0.2, 0.25) is 10.0 Å². The van der Waals surface area contributed by atoms with Gasteiger partial charge < -0.3 is 4.90 Å². The Labute approximate surface area is 157 Å². The van der Waals surface area contributed by atoms with Crippen molar-refractivity contribution in [2.45, 2.75) is 17.9 Å². The zero-order valence-electron chi connectivity index (χ0n) is 14.8. The molecule has 7 nitrogen and oxygen atoms in total. The molecule has 0 spiro atoms. The van der Waals surface area contributed by atoms with Crippen molar-refractivity contribution >= 4 is 15.7 Å². The molecule has 3 rings (SSSR count). The molecule has 1 atom stereocenters. The van der Waals surface area contributed by atoms with E-state index in [0.29, 0.717) is 26.2 Å². The second kappa shape index (κ2) is 7.71. The molecule has 9 heteroatoms. The number of rotatable bonds is 5. The van der Waals surface area contributed by atoms with E-state index in [1.807, 2.05) is 13.0 Å². The monoisotopic (exact) mass is 394 g/mol. The zero-order chi connectivity index (χ0) is 19.6. The Kier molecular flexibility index (Phi) is 5.54. The van der Waals surface area contributed by atoms with E-state index in [2.05, 4.69) is 0 Å². The fourth-order valence-electron chi connectivity index (χ4n) is 3.37. The largest absolute Gasteiger partial charge is 0.327 e. The molecule has 0 unspecified atom stereocenters. The first-order chi connectivity index (χ1) is 12.8. The second-order valence-corrected chi connectivity index (χ2v) is 8.53. The predicted octanol–water partition coefficient (Wildman–Crippen LogP) is 1.38. The van der Waals surface area contributed by atoms with E-state index in [0.717, 1.165) is 16.5 Å². The first-order valence-corrected chi connectivity index (χ1v) is 10.1. The van der Waals surface area contributed by atoms with Crippen LogP contribution in [0, 0.1) is 15.9 Å². The minimum Gasteiger partial charge on any atom is -0.327 e. The van der Waals surface area contributed by atoms with E-state index in [-0.39, 0.29) is 16.6 Å². The van der Waals surface area contributed by atoms with Crippen LogP contribution in [0.15, 0.2) is 53.4 Å². The average Bonchev–Trinajstić information content (AvgIpc) is 2.67. The number of non-ortho nitro benzene ring substituents is 1. The van der Waals surface area contributed by atoms with Crippen LogP contribution in [-0.4, -0.2) is 43.8 Å². The fraction of sp³-hybridized carbons (Fsp3) is 0.333. The summed E-state index contributed by atoms with van der Waals surface area (Å²) in [5.74, 6) is -0.584. The van der Waals surface area contributed by atoms with Crippen LogP contribution in [0.25, 0.3) is 0 Å².